The Morgan fingerprint density at radius 1 is 0.243 bits per heavy atom. The summed E-state index contributed by atoms with van der Waals surface area (Å²) in [6.45, 7) is 81.4. The van der Waals surface area contributed by atoms with Crippen LogP contribution in [0.25, 0.3) is 111 Å². The van der Waals surface area contributed by atoms with Crippen LogP contribution in [0.5, 0.6) is 0 Å². The average molecular weight is 1920 g/mol. The van der Waals surface area contributed by atoms with Crippen LogP contribution in [-0.2, 0) is 70.4 Å². The molecule has 0 radical (unpaired) electrons. The summed E-state index contributed by atoms with van der Waals surface area (Å²) in [5.41, 5.74) is 3.79. The first-order valence-corrected chi connectivity index (χ1v) is 52.1. The number of rotatable bonds is 10. The first-order chi connectivity index (χ1) is 74.3. The lowest BCUT2D eigenvalue weighted by Crippen LogP contribution is -2.61. The Hall–Kier alpha value is -11.7. The van der Waals surface area contributed by atoms with E-state index in [0.717, 1.165) is 77.0 Å². The third kappa shape index (κ3) is 18.6. The molecule has 0 saturated carbocycles. The molecule has 0 aliphatic carbocycles. The van der Waals surface area contributed by atoms with Gasteiger partial charge in [0.1, 0.15) is 0 Å². The Kier molecular flexibility index (Phi) is 19.3. The molecule has 4 heterocycles. The van der Waals surface area contributed by atoms with Crippen LogP contribution in [0.1, 0.15) is 394 Å². The minimum absolute atomic E-state index is 0.0530. The lowest BCUT2D eigenvalue weighted by atomic mass is 9.33. The van der Waals surface area contributed by atoms with Crippen LogP contribution >= 0.6 is 0 Å². The third-order valence-electron chi connectivity index (χ3n) is 29.6. The molecule has 16 aromatic rings. The number of aromatic nitrogens is 2. The highest BCUT2D eigenvalue weighted by molar-refractivity contribution is 7.00. The van der Waals surface area contributed by atoms with Gasteiger partial charge in [-0.05, 0) is 313 Å². The zero-order valence-corrected chi connectivity index (χ0v) is 94.1. The molecule has 0 N–H and O–H groups in total. The minimum Gasteiger partial charge on any atom is -0.310 e. The first kappa shape index (κ1) is 80.6. The predicted octanol–water partition coefficient (Wildman–Crippen LogP) is 38.3. The van der Waals surface area contributed by atoms with Crippen LogP contribution in [0.3, 0.4) is 0 Å². The first-order valence-electron chi connectivity index (χ1n) is 61.6. The molecule has 0 spiro atoms. The van der Waals surface area contributed by atoms with E-state index in [9.17, 15) is 26.0 Å². The molecule has 0 saturated heterocycles. The monoisotopic (exact) mass is 1920 g/mol. The highest BCUT2D eigenvalue weighted by atomic mass is 15.2. The number of benzene rings is 14. The molecule has 0 fully saturated rings. The maximum Gasteiger partial charge on any atom is 0.252 e. The quantitative estimate of drug-likeness (QED) is 0.127. The normalized spacial score (nSPS) is 16.0. The van der Waals surface area contributed by atoms with Gasteiger partial charge in [0.05, 0.1) is 58.1 Å². The van der Waals surface area contributed by atoms with Gasteiger partial charge in [-0.1, -0.05) is 423 Å². The van der Waals surface area contributed by atoms with Gasteiger partial charge in [-0.25, -0.2) is 0 Å². The second kappa shape index (κ2) is 34.5. The molecule has 2 aliphatic rings. The second-order valence-corrected chi connectivity index (χ2v) is 55.1. The van der Waals surface area contributed by atoms with Gasteiger partial charge in [-0.2, -0.15) is 0 Å². The van der Waals surface area contributed by atoms with Gasteiger partial charge in [0.15, 0.2) is 0 Å². The summed E-state index contributed by atoms with van der Waals surface area (Å²) in [4.78, 5) is 4.03. The van der Waals surface area contributed by atoms with Crippen molar-refractivity contribution in [1.82, 2.24) is 9.13 Å². The van der Waals surface area contributed by atoms with E-state index in [2.05, 4.69) is 273 Å². The Morgan fingerprint density at radius 3 is 0.861 bits per heavy atom. The van der Waals surface area contributed by atoms with Crippen molar-refractivity contribution in [1.29, 1.82) is 0 Å². The van der Waals surface area contributed by atoms with Crippen molar-refractivity contribution in [3.8, 4) is 67.0 Å². The molecule has 5 heteroatoms. The minimum atomic E-state index is -1.98. The van der Waals surface area contributed by atoms with Gasteiger partial charge in [0.2, 0.25) is 0 Å². The summed E-state index contributed by atoms with van der Waals surface area (Å²) in [7, 11) is 0. The summed E-state index contributed by atoms with van der Waals surface area (Å²) < 4.78 is 217. The molecule has 14 aromatic carbocycles. The topological polar surface area (TPSA) is 16.3 Å². The SMILES string of the molecule is [2H]c1c([2H])c(C(C)(C)C)c(-c2c([2H])c(C([2H])(C)C)c([2H])c(-c3c([2H])c([2H])c(C(C)(C)C)c([2H])c3[2H])c2N2c3cc(-n4c5ccc(C(C)(C)C)cc5c5cc(C(C)(C)C)ccc54)ccc3B3c4ccc(-n5c6ccc(C(C)(C)C)cc6c6cc(C(C)(C)C)ccc65)cc4N(c4c(-c5c([2H])c([2H])c(C(C)(C)C)c([2H])c5[2H])c([2H])c(C(C)(C)C)c([2H])c4-c4c([2H])c(C(C)(C)C)c([2H])c(C(C)(C)C)c4[2H])c4cc(-c5cc(C(C)(C)C)cc(C(C)(C)C)c5)cc2c43)c(C(C)(C)C)c1[2H]. The van der Waals surface area contributed by atoms with Crippen molar-refractivity contribution < 1.29 is 26.0 Å². The van der Waals surface area contributed by atoms with Gasteiger partial charge < -0.3 is 18.9 Å². The van der Waals surface area contributed by atoms with E-state index in [1.807, 2.05) is 155 Å². The number of anilines is 6. The highest BCUT2D eigenvalue weighted by Crippen LogP contribution is 2.59. The fourth-order valence-corrected chi connectivity index (χ4v) is 20.6. The Morgan fingerprint density at radius 2 is 0.542 bits per heavy atom. The average Bonchev–Trinajstić information content (AvgIpc) is 0.699. The van der Waals surface area contributed by atoms with E-state index in [4.69, 9.17) is 0 Å². The van der Waals surface area contributed by atoms with E-state index >= 15 is 0 Å². The fraction of sp³-hybridized carbons (Fsp3) is 0.396. The molecule has 144 heavy (non-hydrogen) atoms. The van der Waals surface area contributed by atoms with Crippen LogP contribution in [0.15, 0.2) is 248 Å². The van der Waals surface area contributed by atoms with Crippen molar-refractivity contribution in [2.24, 2.45) is 0 Å². The summed E-state index contributed by atoms with van der Waals surface area (Å²) in [6, 6.07) is 43.2. The van der Waals surface area contributed by atoms with Crippen LogP contribution in [0, 0.1) is 0 Å². The zero-order valence-electron chi connectivity index (χ0n) is 113. The van der Waals surface area contributed by atoms with E-state index in [1.165, 1.54) is 0 Å². The Balaban J connectivity index is 1.24. The van der Waals surface area contributed by atoms with Gasteiger partial charge in [0.25, 0.3) is 6.71 Å². The van der Waals surface area contributed by atoms with Crippen molar-refractivity contribution >= 4 is 101 Å². The lowest BCUT2D eigenvalue weighted by Gasteiger charge is -2.46. The van der Waals surface area contributed by atoms with Crippen LogP contribution in [0.4, 0.5) is 34.1 Å². The van der Waals surface area contributed by atoms with Crippen molar-refractivity contribution in [3.05, 3.63) is 326 Å². The van der Waals surface area contributed by atoms with E-state index in [0.29, 0.717) is 50.3 Å². The highest BCUT2D eigenvalue weighted by Gasteiger charge is 2.48. The van der Waals surface area contributed by atoms with Crippen LogP contribution in [-0.4, -0.2) is 15.8 Å². The molecular weight excluding hydrogens is 1740 g/mol. The number of hydrogen-bond acceptors (Lipinski definition) is 2. The molecule has 2 aliphatic heterocycles. The molecule has 4 nitrogen and oxygen atoms in total. The van der Waals surface area contributed by atoms with Crippen LogP contribution < -0.4 is 26.2 Å². The smallest absolute Gasteiger partial charge is 0.252 e. The maximum atomic E-state index is 12.1. The van der Waals surface area contributed by atoms with E-state index in [1.54, 1.807) is 13.8 Å². The van der Waals surface area contributed by atoms with Gasteiger partial charge in [0, 0.05) is 79.3 Å². The number of fused-ring (bicyclic) bond motifs is 10. The van der Waals surface area contributed by atoms with Crippen molar-refractivity contribution in [3.63, 3.8) is 0 Å². The molecule has 0 amide bonds. The zero-order chi connectivity index (χ0) is 121. The maximum absolute atomic E-state index is 12.1. The van der Waals surface area contributed by atoms with E-state index in [-0.39, 0.29) is 176 Å². The summed E-state index contributed by atoms with van der Waals surface area (Å²) in [5.74, 6) is -1.98. The second-order valence-electron chi connectivity index (χ2n) is 55.1. The Bertz CT molecular complexity index is 8740. The Labute approximate surface area is 894 Å². The summed E-state index contributed by atoms with van der Waals surface area (Å²) in [6.07, 6.45) is 0. The van der Waals surface area contributed by atoms with Gasteiger partial charge >= 0.3 is 0 Å². The summed E-state index contributed by atoms with van der Waals surface area (Å²) in [5, 5.41) is 3.86. The fourth-order valence-electron chi connectivity index (χ4n) is 20.6. The lowest BCUT2D eigenvalue weighted by molar-refractivity contribution is 0.568. The molecular formula is C139H165BN4. The molecule has 0 unspecified atom stereocenters. The molecule has 0 bridgehead atoms. The third-order valence-corrected chi connectivity index (χ3v) is 29.6. The molecule has 18 rings (SSSR count). The van der Waals surface area contributed by atoms with Gasteiger partial charge in [-0.3, -0.25) is 0 Å². The molecule has 0 atom stereocenters. The number of nitrogens with zero attached hydrogens (tertiary/aromatic N) is 4. The van der Waals surface area contributed by atoms with Crippen molar-refractivity contribution in [2.45, 2.75) is 360 Å². The van der Waals surface area contributed by atoms with E-state index < -0.39 is 128 Å². The van der Waals surface area contributed by atoms with Gasteiger partial charge in [-0.15, -0.1) is 0 Å². The predicted molar refractivity (Wildman–Crippen MR) is 634 cm³/mol. The summed E-state index contributed by atoms with van der Waals surface area (Å²) >= 11 is 0. The largest absolute Gasteiger partial charge is 0.310 e. The molecule has 2 aromatic heterocycles. The standard InChI is InChI=1S/C139H165BN4/c1-83(2)86-69-103(84-45-49-90(50-46-84)127(3,4)5)126(110(70-86)123-111(138(36,37)38)43-42-44-112(123)139(39,40)41)144-120-82-102(142-117-63-55-94(131(15,16)17)77-108(117)109-78-95(132(18,19)20)56-64-118(109)142)58-60-114(120)140-113-59-57-101(141-115-61-53-92(129(9,10)11)75-106(115)107-76-93(130(12,13)14)54-62-116(107)141)81-119(113)143(121-71-88(72-122(144)124(121)140)87-65-96(133(21,22)23)73-97(66-87)134(24,25)26)125-104(85-47-51-91(52-48-85)128(6,7)8)79-100(137(33,34)35)80-105(125)89-67-98(135(27,28)29)74-99(68-89)136(30,31)32/h42-83H,1-41H3/i42D,43D,44D,45D,46D,47D,48D,49D,50D,51D,52D,67D,68D,69D,70D,74D,79D,80D,83D. The van der Waals surface area contributed by atoms with Crippen LogP contribution in [0.2, 0.25) is 0 Å². The van der Waals surface area contributed by atoms with Crippen molar-refractivity contribution in [2.75, 3.05) is 9.80 Å². The molecule has 744 valence electrons. The number of hydrogen-bond donors (Lipinski definition) is 0.